The molecule has 2 aromatic heterocycles. The van der Waals surface area contributed by atoms with Gasteiger partial charge in [-0.05, 0) is 19.1 Å². The molecular formula is C13H17N3O3. The van der Waals surface area contributed by atoms with Crippen molar-refractivity contribution in [3.63, 3.8) is 0 Å². The van der Waals surface area contributed by atoms with Gasteiger partial charge < -0.3 is 9.73 Å². The second kappa shape index (κ2) is 5.27. The highest BCUT2D eigenvalue weighted by Gasteiger charge is 2.10. The van der Waals surface area contributed by atoms with Crippen molar-refractivity contribution in [2.45, 2.75) is 19.5 Å². The Morgan fingerprint density at radius 2 is 2.05 bits per heavy atom. The standard InChI is InChI=1S/C13H17N3O3/c1-9(11-5-4-6-19-11)14-8-10-7-12(17)16(3)13(18)15(10)2/h4-7,9,14H,8H2,1-3H3/t9-/m1/s1. The fourth-order valence-corrected chi connectivity index (χ4v) is 1.84. The predicted molar refractivity (Wildman–Crippen MR) is 70.9 cm³/mol. The Morgan fingerprint density at radius 1 is 1.32 bits per heavy atom. The fraction of sp³-hybridized carbons (Fsp3) is 0.385. The minimum atomic E-state index is -0.324. The van der Waals surface area contributed by atoms with Crippen LogP contribution in [0.1, 0.15) is 24.4 Å². The van der Waals surface area contributed by atoms with Crippen molar-refractivity contribution in [3.8, 4) is 0 Å². The molecule has 1 N–H and O–H groups in total. The molecule has 0 aliphatic heterocycles. The summed E-state index contributed by atoms with van der Waals surface area (Å²) in [5, 5.41) is 3.21. The van der Waals surface area contributed by atoms with Crippen LogP contribution in [-0.4, -0.2) is 9.13 Å². The molecule has 0 radical (unpaired) electrons. The molecule has 0 aromatic carbocycles. The van der Waals surface area contributed by atoms with Gasteiger partial charge in [0.05, 0.1) is 12.3 Å². The topological polar surface area (TPSA) is 69.2 Å². The van der Waals surface area contributed by atoms with Crippen LogP contribution in [0.25, 0.3) is 0 Å². The second-order valence-electron chi connectivity index (χ2n) is 4.49. The van der Waals surface area contributed by atoms with E-state index >= 15 is 0 Å². The maximum absolute atomic E-state index is 11.8. The van der Waals surface area contributed by atoms with Crippen molar-refractivity contribution in [2.75, 3.05) is 0 Å². The summed E-state index contributed by atoms with van der Waals surface area (Å²) in [5.41, 5.74) is 0.0204. The number of nitrogens with one attached hydrogen (secondary N) is 1. The zero-order valence-electron chi connectivity index (χ0n) is 11.2. The Balaban J connectivity index is 2.17. The van der Waals surface area contributed by atoms with E-state index in [-0.39, 0.29) is 17.3 Å². The van der Waals surface area contributed by atoms with Gasteiger partial charge in [0.2, 0.25) is 0 Å². The quantitative estimate of drug-likeness (QED) is 0.873. The predicted octanol–water partition coefficient (Wildman–Crippen LogP) is 0.528. The van der Waals surface area contributed by atoms with Crippen molar-refractivity contribution in [2.24, 2.45) is 14.1 Å². The van der Waals surface area contributed by atoms with E-state index in [2.05, 4.69) is 5.32 Å². The third-order valence-electron chi connectivity index (χ3n) is 3.18. The van der Waals surface area contributed by atoms with Crippen molar-refractivity contribution < 1.29 is 4.42 Å². The molecule has 0 saturated heterocycles. The molecule has 6 heteroatoms. The van der Waals surface area contributed by atoms with E-state index in [1.807, 2.05) is 19.1 Å². The lowest BCUT2D eigenvalue weighted by atomic mass is 10.2. The van der Waals surface area contributed by atoms with Gasteiger partial charge >= 0.3 is 5.69 Å². The molecule has 0 saturated carbocycles. The molecule has 102 valence electrons. The van der Waals surface area contributed by atoms with E-state index in [4.69, 9.17) is 4.42 Å². The van der Waals surface area contributed by atoms with Crippen LogP contribution in [0.15, 0.2) is 38.5 Å². The average Bonchev–Trinajstić information content (AvgIpc) is 2.92. The van der Waals surface area contributed by atoms with Crippen LogP contribution in [0.2, 0.25) is 0 Å². The molecule has 1 atom stereocenters. The number of rotatable bonds is 4. The molecule has 2 rings (SSSR count). The zero-order valence-corrected chi connectivity index (χ0v) is 11.2. The molecule has 0 spiro atoms. The number of nitrogens with zero attached hydrogens (tertiary/aromatic N) is 2. The molecule has 0 bridgehead atoms. The van der Waals surface area contributed by atoms with Gasteiger partial charge in [-0.25, -0.2) is 4.79 Å². The molecule has 0 amide bonds. The average molecular weight is 263 g/mol. The van der Waals surface area contributed by atoms with E-state index in [0.717, 1.165) is 10.3 Å². The Morgan fingerprint density at radius 3 is 2.68 bits per heavy atom. The van der Waals surface area contributed by atoms with Crippen molar-refractivity contribution in [1.29, 1.82) is 0 Å². The first-order valence-electron chi connectivity index (χ1n) is 6.03. The molecule has 19 heavy (non-hydrogen) atoms. The third kappa shape index (κ3) is 2.68. The van der Waals surface area contributed by atoms with Crippen LogP contribution in [0.4, 0.5) is 0 Å². The Hall–Kier alpha value is -2.08. The van der Waals surface area contributed by atoms with Gasteiger partial charge in [0.15, 0.2) is 0 Å². The van der Waals surface area contributed by atoms with Crippen molar-refractivity contribution in [3.05, 3.63) is 56.8 Å². The SMILES string of the molecule is C[C@@H](NCc1cc(=O)n(C)c(=O)n1C)c1ccco1. The molecule has 0 aliphatic carbocycles. The molecule has 6 nitrogen and oxygen atoms in total. The van der Waals surface area contributed by atoms with Gasteiger partial charge in [0, 0.05) is 32.4 Å². The highest BCUT2D eigenvalue weighted by atomic mass is 16.3. The number of hydrogen-bond donors (Lipinski definition) is 1. The summed E-state index contributed by atoms with van der Waals surface area (Å²) in [7, 11) is 3.11. The summed E-state index contributed by atoms with van der Waals surface area (Å²) in [6.07, 6.45) is 1.61. The zero-order chi connectivity index (χ0) is 14.0. The summed E-state index contributed by atoms with van der Waals surface area (Å²) < 4.78 is 7.83. The van der Waals surface area contributed by atoms with Crippen molar-refractivity contribution >= 4 is 0 Å². The summed E-state index contributed by atoms with van der Waals surface area (Å²) in [6, 6.07) is 5.17. The third-order valence-corrected chi connectivity index (χ3v) is 3.18. The van der Waals surface area contributed by atoms with Crippen LogP contribution >= 0.6 is 0 Å². The van der Waals surface area contributed by atoms with Gasteiger partial charge in [-0.2, -0.15) is 0 Å². The van der Waals surface area contributed by atoms with Crippen LogP contribution < -0.4 is 16.6 Å². The number of hydrogen-bond acceptors (Lipinski definition) is 4. The minimum absolute atomic E-state index is 0.00848. The van der Waals surface area contributed by atoms with Gasteiger partial charge in [0.1, 0.15) is 5.76 Å². The molecular weight excluding hydrogens is 246 g/mol. The molecule has 0 aliphatic rings. The Bertz CT molecular complexity index is 667. The summed E-state index contributed by atoms with van der Waals surface area (Å²) in [4.78, 5) is 23.4. The Labute approximate surface area is 110 Å². The summed E-state index contributed by atoms with van der Waals surface area (Å²) >= 11 is 0. The van der Waals surface area contributed by atoms with Gasteiger partial charge in [0.25, 0.3) is 5.56 Å². The van der Waals surface area contributed by atoms with Gasteiger partial charge in [-0.1, -0.05) is 0 Å². The summed E-state index contributed by atoms with van der Waals surface area (Å²) in [6.45, 7) is 2.38. The lowest BCUT2D eigenvalue weighted by Crippen LogP contribution is -2.39. The van der Waals surface area contributed by atoms with Crippen molar-refractivity contribution in [1.82, 2.24) is 14.5 Å². The maximum Gasteiger partial charge on any atom is 0.330 e. The highest BCUT2D eigenvalue weighted by Crippen LogP contribution is 2.12. The monoisotopic (exact) mass is 263 g/mol. The molecule has 2 heterocycles. The lowest BCUT2D eigenvalue weighted by molar-refractivity contribution is 0.425. The fourth-order valence-electron chi connectivity index (χ4n) is 1.84. The van der Waals surface area contributed by atoms with E-state index in [0.29, 0.717) is 12.2 Å². The smallest absolute Gasteiger partial charge is 0.330 e. The number of furan rings is 1. The first kappa shape index (κ1) is 13.4. The van der Waals surface area contributed by atoms with Crippen LogP contribution in [-0.2, 0) is 20.6 Å². The molecule has 2 aromatic rings. The lowest BCUT2D eigenvalue weighted by Gasteiger charge is -2.14. The normalized spacial score (nSPS) is 12.6. The first-order valence-corrected chi connectivity index (χ1v) is 6.03. The number of aromatic nitrogens is 2. The minimum Gasteiger partial charge on any atom is -0.468 e. The van der Waals surface area contributed by atoms with Crippen LogP contribution in [0.3, 0.4) is 0 Å². The molecule has 0 unspecified atom stereocenters. The van der Waals surface area contributed by atoms with E-state index in [1.54, 1.807) is 13.3 Å². The van der Waals surface area contributed by atoms with Crippen LogP contribution in [0.5, 0.6) is 0 Å². The van der Waals surface area contributed by atoms with Gasteiger partial charge in [-0.15, -0.1) is 0 Å². The van der Waals surface area contributed by atoms with Crippen LogP contribution in [0, 0.1) is 0 Å². The first-order chi connectivity index (χ1) is 9.00. The molecule has 0 fully saturated rings. The largest absolute Gasteiger partial charge is 0.468 e. The second-order valence-corrected chi connectivity index (χ2v) is 4.49. The maximum atomic E-state index is 11.8. The highest BCUT2D eigenvalue weighted by molar-refractivity contribution is 5.06. The van der Waals surface area contributed by atoms with E-state index in [9.17, 15) is 9.59 Å². The summed E-state index contributed by atoms with van der Waals surface area (Å²) in [5.74, 6) is 0.814. The Kier molecular flexibility index (Phi) is 3.71. The van der Waals surface area contributed by atoms with E-state index < -0.39 is 0 Å². The van der Waals surface area contributed by atoms with Gasteiger partial charge in [-0.3, -0.25) is 13.9 Å². The van der Waals surface area contributed by atoms with E-state index in [1.165, 1.54) is 17.7 Å².